The van der Waals surface area contributed by atoms with E-state index in [4.69, 9.17) is 34.2 Å². The Labute approximate surface area is 367 Å². The third-order valence-corrected chi connectivity index (χ3v) is 9.23. The Hall–Kier alpha value is -4.55. The lowest BCUT2D eigenvalue weighted by molar-refractivity contribution is -0.143. The maximum Gasteiger partial charge on any atom is 0.306 e. The number of aliphatic imine (C=N–C) groups is 1. The van der Waals surface area contributed by atoms with Crippen molar-refractivity contribution in [2.45, 2.75) is 115 Å². The molecule has 0 aromatic heterocycles. The maximum atomic E-state index is 12.1. The second-order valence-corrected chi connectivity index (χ2v) is 14.6. The fraction of sp³-hybridized carbons (Fsp3) is 0.540. The van der Waals surface area contributed by atoms with Crippen LogP contribution in [0.1, 0.15) is 103 Å². The highest BCUT2D eigenvalue weighted by Gasteiger charge is 2.12. The summed E-state index contributed by atoms with van der Waals surface area (Å²) < 4.78 is 34.8. The molecule has 0 radical (unpaired) electrons. The van der Waals surface area contributed by atoms with Crippen molar-refractivity contribution in [2.24, 2.45) is 10.7 Å². The molecule has 11 nitrogen and oxygen atoms in total. The van der Waals surface area contributed by atoms with Gasteiger partial charge < -0.3 is 39.5 Å². The SMILES string of the molecule is C=C(N)NCCC1COCC=CCC=CCCC(=O)OCC=CCC=CCCCOCC(CCC2=CN=CC2)OCCCC=CCC=CCOC(=O)CCC=CCC=CCO1. The average Bonchev–Trinajstić information content (AvgIpc) is 3.78. The molecular formula is C50H75N3O8. The summed E-state index contributed by atoms with van der Waals surface area (Å²) in [6.07, 6.45) is 48.8. The molecule has 0 spiro atoms. The summed E-state index contributed by atoms with van der Waals surface area (Å²) in [5.41, 5.74) is 6.99. The van der Waals surface area contributed by atoms with Gasteiger partial charge in [0.15, 0.2) is 0 Å². The minimum atomic E-state index is -0.203. The average molecular weight is 846 g/mol. The van der Waals surface area contributed by atoms with Crippen LogP contribution in [0.5, 0.6) is 0 Å². The molecule has 2 unspecified atom stereocenters. The number of hydrogen-bond acceptors (Lipinski definition) is 11. The molecule has 3 N–H and O–H groups in total. The van der Waals surface area contributed by atoms with Crippen LogP contribution >= 0.6 is 0 Å². The van der Waals surface area contributed by atoms with Crippen LogP contribution in [0.3, 0.4) is 0 Å². The van der Waals surface area contributed by atoms with Gasteiger partial charge in [0.05, 0.1) is 44.5 Å². The van der Waals surface area contributed by atoms with Gasteiger partial charge in [-0.1, -0.05) is 104 Å². The molecule has 0 saturated carbocycles. The second kappa shape index (κ2) is 39.6. The first-order chi connectivity index (χ1) is 30.0. The summed E-state index contributed by atoms with van der Waals surface area (Å²) in [6, 6.07) is 0. The zero-order chi connectivity index (χ0) is 43.5. The van der Waals surface area contributed by atoms with Crippen molar-refractivity contribution >= 4 is 18.2 Å². The molecule has 0 fully saturated rings. The third kappa shape index (κ3) is 34.8. The van der Waals surface area contributed by atoms with Crippen LogP contribution in [-0.2, 0) is 38.0 Å². The van der Waals surface area contributed by atoms with E-state index < -0.39 is 0 Å². The first kappa shape index (κ1) is 52.6. The topological polar surface area (TPSA) is 140 Å². The minimum absolute atomic E-state index is 0.0589. The smallest absolute Gasteiger partial charge is 0.306 e. The van der Waals surface area contributed by atoms with E-state index >= 15 is 0 Å². The Balaban J connectivity index is 1.80. The number of nitrogens with one attached hydrogen (secondary N) is 1. The van der Waals surface area contributed by atoms with E-state index in [1.54, 1.807) is 0 Å². The standard InChI is InChI=1S/C50H75N3O8/c1-45(51)53-35-33-48-44-57-37-23-15-10-4-12-20-28-49(54)60-40-26-18-8-2-6-14-22-36-56-43-47(31-30-46-32-34-52-42-46)58-38-24-16-7-3-9-19-27-41-61-50(55)29-21-13-5-11-17-25-39-59-48/h2-7,12-13,15,17-19,23,25-27,34,42,47-48,53H,1,8-11,14,16,20-22,24,28-33,35-41,43-44,51H2. The molecule has 11 heteroatoms. The summed E-state index contributed by atoms with van der Waals surface area (Å²) in [4.78, 5) is 28.4. The number of hydrogen-bond donors (Lipinski definition) is 2. The van der Waals surface area contributed by atoms with Crippen molar-refractivity contribution in [1.29, 1.82) is 0 Å². The molecule has 0 saturated heterocycles. The van der Waals surface area contributed by atoms with Crippen LogP contribution in [0.4, 0.5) is 0 Å². The summed E-state index contributed by atoms with van der Waals surface area (Å²) >= 11 is 0. The van der Waals surface area contributed by atoms with Gasteiger partial charge in [-0.3, -0.25) is 14.6 Å². The highest BCUT2D eigenvalue weighted by molar-refractivity contribution is 5.70. The minimum Gasteiger partial charge on any atom is -0.461 e. The van der Waals surface area contributed by atoms with Crippen molar-refractivity contribution in [3.63, 3.8) is 0 Å². The molecule has 338 valence electrons. The fourth-order valence-corrected chi connectivity index (χ4v) is 5.80. The van der Waals surface area contributed by atoms with Crippen molar-refractivity contribution in [1.82, 2.24) is 5.32 Å². The van der Waals surface area contributed by atoms with Crippen LogP contribution in [0.25, 0.3) is 0 Å². The molecule has 61 heavy (non-hydrogen) atoms. The van der Waals surface area contributed by atoms with Gasteiger partial charge in [-0.25, -0.2) is 0 Å². The summed E-state index contributed by atoms with van der Waals surface area (Å²) in [5.74, 6) is 0.0211. The Morgan fingerprint density at radius 1 is 0.623 bits per heavy atom. The number of carbonyl (C=O) groups excluding carboxylic acids is 2. The van der Waals surface area contributed by atoms with Gasteiger partial charge in [-0.05, 0) is 89.0 Å². The van der Waals surface area contributed by atoms with Crippen LogP contribution in [0, 0.1) is 0 Å². The van der Waals surface area contributed by atoms with E-state index in [0.29, 0.717) is 77.7 Å². The van der Waals surface area contributed by atoms with Crippen LogP contribution < -0.4 is 11.1 Å². The van der Waals surface area contributed by atoms with Crippen molar-refractivity contribution in [3.8, 4) is 0 Å². The highest BCUT2D eigenvalue weighted by atomic mass is 16.5. The van der Waals surface area contributed by atoms with Gasteiger partial charge >= 0.3 is 11.9 Å². The second-order valence-electron chi connectivity index (χ2n) is 14.6. The van der Waals surface area contributed by atoms with Crippen molar-refractivity contribution in [3.05, 3.63) is 121 Å². The number of nitrogens with zero attached hydrogens (tertiary/aromatic N) is 1. The molecule has 2 aliphatic rings. The normalized spacial score (nSPS) is 22.0. The summed E-state index contributed by atoms with van der Waals surface area (Å²) in [6.45, 7) is 8.25. The van der Waals surface area contributed by atoms with Gasteiger partial charge in [-0.15, -0.1) is 0 Å². The third-order valence-electron chi connectivity index (χ3n) is 9.23. The molecule has 0 aliphatic carbocycles. The quantitative estimate of drug-likeness (QED) is 0.188. The van der Waals surface area contributed by atoms with Crippen molar-refractivity contribution < 1.29 is 38.0 Å². The first-order valence-corrected chi connectivity index (χ1v) is 22.3. The van der Waals surface area contributed by atoms with Crippen LogP contribution in [0.15, 0.2) is 126 Å². The summed E-state index contributed by atoms with van der Waals surface area (Å²) in [5, 5.41) is 3.04. The Kier molecular flexibility index (Phi) is 34.1. The molecule has 0 aromatic rings. The molecule has 2 atom stereocenters. The molecule has 2 aliphatic heterocycles. The Bertz CT molecular complexity index is 1470. The van der Waals surface area contributed by atoms with E-state index in [1.807, 2.05) is 85.3 Å². The predicted octanol–water partition coefficient (Wildman–Crippen LogP) is 9.57. The lowest BCUT2D eigenvalue weighted by Gasteiger charge is -2.18. The monoisotopic (exact) mass is 846 g/mol. The summed E-state index contributed by atoms with van der Waals surface area (Å²) in [7, 11) is 0. The van der Waals surface area contributed by atoms with E-state index in [-0.39, 0.29) is 37.4 Å². The zero-order valence-electron chi connectivity index (χ0n) is 36.7. The van der Waals surface area contributed by atoms with Gasteiger partial charge in [0.2, 0.25) is 0 Å². The molecule has 0 amide bonds. The number of esters is 2. The number of cyclic esters (lactones) is 2. The number of ether oxygens (including phenoxy) is 6. The van der Waals surface area contributed by atoms with E-state index in [0.717, 1.165) is 77.0 Å². The number of rotatable bonds is 7. The first-order valence-electron chi connectivity index (χ1n) is 22.3. The lowest BCUT2D eigenvalue weighted by atomic mass is 10.1. The predicted molar refractivity (Wildman–Crippen MR) is 248 cm³/mol. The molecule has 0 bridgehead atoms. The van der Waals surface area contributed by atoms with Crippen LogP contribution in [-0.4, -0.2) is 89.8 Å². The molecule has 0 aromatic carbocycles. The zero-order valence-corrected chi connectivity index (χ0v) is 36.7. The fourth-order valence-electron chi connectivity index (χ4n) is 5.80. The van der Waals surface area contributed by atoms with E-state index in [9.17, 15) is 9.59 Å². The molecule has 2 heterocycles. The van der Waals surface area contributed by atoms with Crippen LogP contribution in [0.2, 0.25) is 0 Å². The molecule has 2 rings (SSSR count). The highest BCUT2D eigenvalue weighted by Crippen LogP contribution is 2.17. The largest absolute Gasteiger partial charge is 0.461 e. The molecular weight excluding hydrogens is 771 g/mol. The number of carbonyl (C=O) groups is 2. The lowest BCUT2D eigenvalue weighted by Crippen LogP contribution is -2.28. The number of nitrogens with two attached hydrogens (primary N) is 1. The Morgan fingerprint density at radius 3 is 1.74 bits per heavy atom. The van der Waals surface area contributed by atoms with Gasteiger partial charge in [0.1, 0.15) is 13.2 Å². The van der Waals surface area contributed by atoms with E-state index in [2.05, 4.69) is 41.2 Å². The van der Waals surface area contributed by atoms with Gasteiger partial charge in [0.25, 0.3) is 0 Å². The van der Waals surface area contributed by atoms with Gasteiger partial charge in [-0.2, -0.15) is 0 Å². The van der Waals surface area contributed by atoms with Gasteiger partial charge in [0, 0.05) is 51.4 Å². The van der Waals surface area contributed by atoms with Crippen molar-refractivity contribution in [2.75, 3.05) is 59.4 Å². The number of allylic oxidation sites excluding steroid dienone is 13. The van der Waals surface area contributed by atoms with E-state index in [1.165, 1.54) is 5.57 Å². The Morgan fingerprint density at radius 2 is 1.15 bits per heavy atom. The maximum absolute atomic E-state index is 12.1.